The summed E-state index contributed by atoms with van der Waals surface area (Å²) in [7, 11) is 11.4. The van der Waals surface area contributed by atoms with E-state index in [4.69, 9.17) is 25.2 Å². The Morgan fingerprint density at radius 1 is 0.895 bits per heavy atom. The summed E-state index contributed by atoms with van der Waals surface area (Å²) in [5.74, 6) is 0.637. The number of ether oxygens (including phenoxy) is 2. The molecular weight excluding hydrogens is 234 g/mol. The highest BCUT2D eigenvalue weighted by atomic mass is 16.5. The van der Waals surface area contributed by atoms with Gasteiger partial charge in [0.25, 0.3) is 0 Å². The first-order valence-electron chi connectivity index (χ1n) is 6.15. The van der Waals surface area contributed by atoms with Gasteiger partial charge in [0.1, 0.15) is 28.0 Å². The van der Waals surface area contributed by atoms with Gasteiger partial charge in [-0.25, -0.2) is 0 Å². The van der Waals surface area contributed by atoms with Crippen LogP contribution in [0, 0.1) is 0 Å². The molecule has 4 heteroatoms. The van der Waals surface area contributed by atoms with Gasteiger partial charge < -0.3 is 9.47 Å². The van der Waals surface area contributed by atoms with Gasteiger partial charge in [0.05, 0.1) is 13.2 Å². The zero-order chi connectivity index (χ0) is 13.5. The van der Waals surface area contributed by atoms with Crippen molar-refractivity contribution in [3.05, 3.63) is 54.1 Å². The largest absolute Gasteiger partial charge is 0.492 e. The first kappa shape index (κ1) is 13.8. The molecule has 92 valence electrons. The maximum Gasteiger partial charge on any atom is 0.118 e. The van der Waals surface area contributed by atoms with Crippen LogP contribution in [0.15, 0.2) is 48.5 Å². The quantitative estimate of drug-likeness (QED) is 0.557. The molecular formula is C15H14B2O2. The summed E-state index contributed by atoms with van der Waals surface area (Å²) < 4.78 is 11.0. The Morgan fingerprint density at radius 2 is 1.68 bits per heavy atom. The van der Waals surface area contributed by atoms with Gasteiger partial charge in [-0.15, -0.1) is 0 Å². The summed E-state index contributed by atoms with van der Waals surface area (Å²) in [5, 5.41) is 0. The molecule has 0 amide bonds. The van der Waals surface area contributed by atoms with Crippen LogP contribution in [0.4, 0.5) is 0 Å². The monoisotopic (exact) mass is 248 g/mol. The van der Waals surface area contributed by atoms with Gasteiger partial charge in [0.2, 0.25) is 0 Å². The Balaban J connectivity index is 1.69. The fourth-order valence-corrected chi connectivity index (χ4v) is 1.67. The highest BCUT2D eigenvalue weighted by molar-refractivity contribution is 6.39. The van der Waals surface area contributed by atoms with Crippen LogP contribution in [-0.4, -0.2) is 28.9 Å². The average Bonchev–Trinajstić information content (AvgIpc) is 2.42. The zero-order valence-electron chi connectivity index (χ0n) is 10.7. The molecule has 0 unspecified atom stereocenters. The highest BCUT2D eigenvalue weighted by Gasteiger charge is 1.99. The lowest BCUT2D eigenvalue weighted by Crippen LogP contribution is -2.18. The van der Waals surface area contributed by atoms with E-state index in [0.717, 1.165) is 5.56 Å². The van der Waals surface area contributed by atoms with E-state index in [2.05, 4.69) is 0 Å². The minimum Gasteiger partial charge on any atom is -0.492 e. The van der Waals surface area contributed by atoms with Crippen LogP contribution in [0.3, 0.4) is 0 Å². The average molecular weight is 248 g/mol. The molecule has 0 spiro atoms. The molecule has 2 aromatic carbocycles. The summed E-state index contributed by atoms with van der Waals surface area (Å²) in [5.41, 5.74) is 2.32. The molecule has 0 aromatic heterocycles. The summed E-state index contributed by atoms with van der Waals surface area (Å²) >= 11 is 0. The molecule has 0 aliphatic carbocycles. The first-order valence-corrected chi connectivity index (χ1v) is 6.15. The molecule has 0 aliphatic heterocycles. The van der Waals surface area contributed by atoms with E-state index in [1.165, 1.54) is 0 Å². The molecule has 0 atom stereocenters. The van der Waals surface area contributed by atoms with E-state index in [9.17, 15) is 0 Å². The van der Waals surface area contributed by atoms with Crippen LogP contribution in [0.2, 0.25) is 0 Å². The SMILES string of the molecule is [B]c1ccc(OCCOCc2ccccc2)c([B])c1. The van der Waals surface area contributed by atoms with Crippen molar-refractivity contribution >= 4 is 26.6 Å². The molecule has 0 N–H and O–H groups in total. The van der Waals surface area contributed by atoms with E-state index < -0.39 is 0 Å². The van der Waals surface area contributed by atoms with Crippen LogP contribution in [0.1, 0.15) is 5.56 Å². The smallest absolute Gasteiger partial charge is 0.118 e. The van der Waals surface area contributed by atoms with Crippen molar-refractivity contribution in [2.45, 2.75) is 6.61 Å². The van der Waals surface area contributed by atoms with Crippen LogP contribution < -0.4 is 15.7 Å². The maximum absolute atomic E-state index is 5.78. The molecule has 2 nitrogen and oxygen atoms in total. The molecule has 0 bridgehead atoms. The fourth-order valence-electron chi connectivity index (χ4n) is 1.67. The van der Waals surface area contributed by atoms with E-state index >= 15 is 0 Å². The van der Waals surface area contributed by atoms with Crippen LogP contribution in [0.25, 0.3) is 0 Å². The van der Waals surface area contributed by atoms with Crippen molar-refractivity contribution in [3.8, 4) is 5.75 Å². The van der Waals surface area contributed by atoms with Gasteiger partial charge in [0.15, 0.2) is 0 Å². The summed E-state index contributed by atoms with van der Waals surface area (Å²) in [6, 6.07) is 15.2. The van der Waals surface area contributed by atoms with Crippen molar-refractivity contribution in [2.24, 2.45) is 0 Å². The number of rotatable bonds is 6. The first-order chi connectivity index (χ1) is 9.25. The lowest BCUT2D eigenvalue weighted by Gasteiger charge is -2.10. The van der Waals surface area contributed by atoms with Gasteiger partial charge in [-0.2, -0.15) is 0 Å². The van der Waals surface area contributed by atoms with Gasteiger partial charge in [0, 0.05) is 0 Å². The van der Waals surface area contributed by atoms with Gasteiger partial charge in [-0.3, -0.25) is 0 Å². The second-order valence-corrected chi connectivity index (χ2v) is 4.18. The normalized spacial score (nSPS) is 10.3. The standard InChI is InChI=1S/C15H14B2O2/c16-13-6-7-15(14(17)10-13)19-9-8-18-11-12-4-2-1-3-5-12/h1-7,10H,8-9,11H2. The minimum absolute atomic E-state index is 0.459. The van der Waals surface area contributed by atoms with Crippen LogP contribution in [0.5, 0.6) is 5.75 Å². The summed E-state index contributed by atoms with van der Waals surface area (Å²) in [4.78, 5) is 0. The molecule has 19 heavy (non-hydrogen) atoms. The van der Waals surface area contributed by atoms with Crippen molar-refractivity contribution in [1.29, 1.82) is 0 Å². The van der Waals surface area contributed by atoms with E-state index in [1.54, 1.807) is 18.2 Å². The summed E-state index contributed by atoms with van der Waals surface area (Å²) in [6.07, 6.45) is 0. The highest BCUT2D eigenvalue weighted by Crippen LogP contribution is 2.04. The zero-order valence-corrected chi connectivity index (χ0v) is 10.7. The van der Waals surface area contributed by atoms with Crippen molar-refractivity contribution in [2.75, 3.05) is 13.2 Å². The third-order valence-corrected chi connectivity index (χ3v) is 2.63. The molecule has 0 heterocycles. The maximum atomic E-state index is 5.78. The Kier molecular flexibility index (Phi) is 5.10. The van der Waals surface area contributed by atoms with Crippen LogP contribution >= 0.6 is 0 Å². The number of hydrogen-bond donors (Lipinski definition) is 0. The van der Waals surface area contributed by atoms with Gasteiger partial charge >= 0.3 is 0 Å². The molecule has 2 aromatic rings. The van der Waals surface area contributed by atoms with E-state index in [-0.39, 0.29) is 0 Å². The van der Waals surface area contributed by atoms with E-state index in [0.29, 0.717) is 36.5 Å². The Bertz CT molecular complexity index is 515. The third-order valence-electron chi connectivity index (χ3n) is 2.63. The predicted octanol–water partition coefficient (Wildman–Crippen LogP) is 0.870. The van der Waals surface area contributed by atoms with Gasteiger partial charge in [-0.05, 0) is 11.6 Å². The van der Waals surface area contributed by atoms with Crippen LogP contribution in [-0.2, 0) is 11.3 Å². The second-order valence-electron chi connectivity index (χ2n) is 4.18. The topological polar surface area (TPSA) is 18.5 Å². The second kappa shape index (κ2) is 7.05. The third kappa shape index (κ3) is 4.49. The molecule has 4 radical (unpaired) electrons. The van der Waals surface area contributed by atoms with Crippen molar-refractivity contribution in [1.82, 2.24) is 0 Å². The fraction of sp³-hybridized carbons (Fsp3) is 0.200. The van der Waals surface area contributed by atoms with Crippen molar-refractivity contribution in [3.63, 3.8) is 0 Å². The number of hydrogen-bond acceptors (Lipinski definition) is 2. The van der Waals surface area contributed by atoms with Crippen molar-refractivity contribution < 1.29 is 9.47 Å². The molecule has 0 aliphatic rings. The predicted molar refractivity (Wildman–Crippen MR) is 78.8 cm³/mol. The Hall–Kier alpha value is -1.67. The lowest BCUT2D eigenvalue weighted by atomic mass is 9.87. The molecule has 0 fully saturated rings. The van der Waals surface area contributed by atoms with E-state index in [1.807, 2.05) is 30.3 Å². The Morgan fingerprint density at radius 3 is 2.42 bits per heavy atom. The number of benzene rings is 2. The Labute approximate surface area is 116 Å². The summed E-state index contributed by atoms with van der Waals surface area (Å²) in [6.45, 7) is 1.56. The lowest BCUT2D eigenvalue weighted by molar-refractivity contribution is 0.0892. The molecule has 0 saturated heterocycles. The molecule has 0 saturated carbocycles. The van der Waals surface area contributed by atoms with Gasteiger partial charge in [-0.1, -0.05) is 53.4 Å². The minimum atomic E-state index is 0.459. The molecule has 2 rings (SSSR count).